The molecule has 3 unspecified atom stereocenters. The van der Waals surface area contributed by atoms with E-state index in [4.69, 9.17) is 34.3 Å². The second-order valence-corrected chi connectivity index (χ2v) is 13.0. The molecule has 4 aromatic heterocycles. The first-order valence-electron chi connectivity index (χ1n) is 12.9. The van der Waals surface area contributed by atoms with Gasteiger partial charge in [0.05, 0.1) is 32.0 Å². The van der Waals surface area contributed by atoms with Crippen LogP contribution < -0.4 is 11.5 Å². The van der Waals surface area contributed by atoms with E-state index in [9.17, 15) is 18.9 Å². The minimum atomic E-state index is -4.62. The maximum absolute atomic E-state index is 13.1. The minimum Gasteiger partial charge on any atom is -0.382 e. The molecule has 6 N–H and O–H groups in total. The van der Waals surface area contributed by atoms with Crippen LogP contribution in [0.15, 0.2) is 25.3 Å². The van der Waals surface area contributed by atoms with E-state index < -0.39 is 52.7 Å². The highest BCUT2D eigenvalue weighted by Crippen LogP contribution is 2.55. The number of hydrogen-bond acceptors (Lipinski definition) is 15. The quantitative estimate of drug-likeness (QED) is 0.227. The molecule has 3 aliphatic rings. The van der Waals surface area contributed by atoms with Crippen molar-refractivity contribution >= 4 is 49.6 Å². The molecule has 1 saturated carbocycles. The molecule has 1 aliphatic carbocycles. The second-order valence-electron chi connectivity index (χ2n) is 10.2. The number of ether oxygens (including phenoxy) is 1. The van der Waals surface area contributed by atoms with Crippen molar-refractivity contribution in [2.24, 2.45) is 5.92 Å². The summed E-state index contributed by atoms with van der Waals surface area (Å²) in [6.45, 7) is -0.787. The number of nitrogens with two attached hydrogens (primary N) is 2. The van der Waals surface area contributed by atoms with Crippen LogP contribution in [0.1, 0.15) is 31.5 Å². The van der Waals surface area contributed by atoms with Crippen LogP contribution in [-0.2, 0) is 32.0 Å². The molecule has 7 rings (SSSR count). The summed E-state index contributed by atoms with van der Waals surface area (Å²) in [4.78, 5) is 46.1. The molecule has 19 nitrogen and oxygen atoms in total. The van der Waals surface area contributed by atoms with E-state index in [-0.39, 0.29) is 37.1 Å². The highest BCUT2D eigenvalue weighted by molar-refractivity contribution is 7.47. The Morgan fingerprint density at radius 2 is 1.33 bits per heavy atom. The van der Waals surface area contributed by atoms with Gasteiger partial charge in [-0.25, -0.2) is 39.0 Å². The lowest BCUT2D eigenvalue weighted by molar-refractivity contribution is -0.0510. The number of phosphoric acid groups is 2. The van der Waals surface area contributed by atoms with Gasteiger partial charge in [-0.3, -0.25) is 22.7 Å². The molecular weight excluding hydrogens is 598 g/mol. The molecule has 4 aromatic rings. The van der Waals surface area contributed by atoms with Gasteiger partial charge >= 0.3 is 15.6 Å². The summed E-state index contributed by atoms with van der Waals surface area (Å²) in [5, 5.41) is 0. The number of phosphoric ester groups is 2. The van der Waals surface area contributed by atoms with Crippen LogP contribution in [0.25, 0.3) is 22.3 Å². The third-order valence-corrected chi connectivity index (χ3v) is 9.68. The second kappa shape index (κ2) is 10.3. The monoisotopic (exact) mass is 624 g/mol. The molecule has 2 aliphatic heterocycles. The Balaban J connectivity index is 1.12. The first-order chi connectivity index (χ1) is 20.1. The Morgan fingerprint density at radius 1 is 0.738 bits per heavy atom. The van der Waals surface area contributed by atoms with E-state index in [1.165, 1.54) is 19.0 Å². The van der Waals surface area contributed by atoms with Gasteiger partial charge in [0, 0.05) is 18.4 Å². The zero-order chi connectivity index (χ0) is 29.2. The summed E-state index contributed by atoms with van der Waals surface area (Å²) in [5.41, 5.74) is 13.4. The van der Waals surface area contributed by atoms with Crippen molar-refractivity contribution in [1.29, 1.82) is 0 Å². The molecule has 21 heteroatoms. The summed E-state index contributed by atoms with van der Waals surface area (Å²) in [6.07, 6.45) is 2.41. The lowest BCUT2D eigenvalue weighted by Crippen LogP contribution is -2.30. The van der Waals surface area contributed by atoms with Gasteiger partial charge in [0.2, 0.25) is 0 Å². The lowest BCUT2D eigenvalue weighted by Gasteiger charge is -2.27. The Morgan fingerprint density at radius 3 is 2.02 bits per heavy atom. The number of nitrogens with zero attached hydrogens (tertiary/aromatic N) is 8. The smallest absolute Gasteiger partial charge is 0.382 e. The summed E-state index contributed by atoms with van der Waals surface area (Å²) in [7, 11) is -9.25. The van der Waals surface area contributed by atoms with Crippen molar-refractivity contribution in [2.45, 2.75) is 49.8 Å². The maximum atomic E-state index is 13.1. The standard InChI is InChI=1S/C21H26N10O9P2/c22-18-16-20(26-6-24-18)30(8-28-16)11-1-10-4-36-41(32,33)40-13-3-15(31-9-29-17-19(23)25-7-27-21(17)31)38-14(13)5-37-42(34,35)39-12(10)2-11/h6-15H,1-5H2,(H,32,33)(H,34,35)(H2,22,24,26)(H2,23,25,27)/t10-,11-,12-,13?,14-,15-/m1/s1. The van der Waals surface area contributed by atoms with Crippen molar-refractivity contribution in [3.8, 4) is 0 Å². The molecule has 0 radical (unpaired) electrons. The van der Waals surface area contributed by atoms with Crippen LogP contribution in [0, 0.1) is 5.92 Å². The molecule has 3 fully saturated rings. The van der Waals surface area contributed by atoms with Crippen LogP contribution in [0.2, 0.25) is 0 Å². The van der Waals surface area contributed by atoms with Crippen molar-refractivity contribution < 1.29 is 41.7 Å². The fourth-order valence-corrected chi connectivity index (χ4v) is 7.70. The van der Waals surface area contributed by atoms with Gasteiger partial charge in [-0.1, -0.05) is 0 Å². The summed E-state index contributed by atoms with van der Waals surface area (Å²) in [5.74, 6) is -0.200. The Bertz CT molecular complexity index is 1630. The predicted octanol–water partition coefficient (Wildman–Crippen LogP) is 1.09. The minimum absolute atomic E-state index is 0.0424. The van der Waals surface area contributed by atoms with Gasteiger partial charge in [-0.2, -0.15) is 0 Å². The molecule has 0 amide bonds. The molecule has 0 spiro atoms. The topological polar surface area (TPSA) is 260 Å². The lowest BCUT2D eigenvalue weighted by atomic mass is 10.1. The van der Waals surface area contributed by atoms with Crippen LogP contribution in [0.3, 0.4) is 0 Å². The van der Waals surface area contributed by atoms with E-state index in [2.05, 4.69) is 29.9 Å². The largest absolute Gasteiger partial charge is 0.472 e. The molecule has 0 bridgehead atoms. The highest BCUT2D eigenvalue weighted by atomic mass is 31.2. The van der Waals surface area contributed by atoms with Gasteiger partial charge in [0.25, 0.3) is 0 Å². The number of imidazole rings is 2. The van der Waals surface area contributed by atoms with Gasteiger partial charge < -0.3 is 30.6 Å². The predicted molar refractivity (Wildman–Crippen MR) is 141 cm³/mol. The number of fused-ring (bicyclic) bond motifs is 4. The maximum Gasteiger partial charge on any atom is 0.472 e. The third-order valence-electron chi connectivity index (χ3n) is 7.65. The molecule has 8 atom stereocenters. The zero-order valence-corrected chi connectivity index (χ0v) is 23.5. The number of aromatic nitrogens is 8. The van der Waals surface area contributed by atoms with E-state index >= 15 is 0 Å². The molecule has 6 heterocycles. The van der Waals surface area contributed by atoms with Crippen LogP contribution >= 0.6 is 15.6 Å². The van der Waals surface area contributed by atoms with Crippen LogP contribution in [-0.4, -0.2) is 80.4 Å². The first-order valence-corrected chi connectivity index (χ1v) is 15.9. The summed E-state index contributed by atoms with van der Waals surface area (Å²) in [6, 6.07) is -0.307. The van der Waals surface area contributed by atoms with Gasteiger partial charge in [0.15, 0.2) is 22.9 Å². The van der Waals surface area contributed by atoms with Crippen molar-refractivity contribution in [3.63, 3.8) is 0 Å². The molecule has 0 aromatic carbocycles. The van der Waals surface area contributed by atoms with Crippen LogP contribution in [0.5, 0.6) is 0 Å². The third kappa shape index (κ3) is 5.06. The van der Waals surface area contributed by atoms with Gasteiger partial charge in [0.1, 0.15) is 42.1 Å². The van der Waals surface area contributed by atoms with E-state index in [0.717, 1.165) is 0 Å². The Labute approximate surface area is 236 Å². The zero-order valence-electron chi connectivity index (χ0n) is 21.7. The molecule has 42 heavy (non-hydrogen) atoms. The Hall–Kier alpha value is -3.12. The van der Waals surface area contributed by atoms with E-state index in [1.54, 1.807) is 15.5 Å². The number of nitrogen functional groups attached to an aromatic ring is 2. The highest BCUT2D eigenvalue weighted by Gasteiger charge is 2.47. The van der Waals surface area contributed by atoms with E-state index in [0.29, 0.717) is 28.7 Å². The fourth-order valence-electron chi connectivity index (χ4n) is 5.70. The van der Waals surface area contributed by atoms with Crippen molar-refractivity contribution in [1.82, 2.24) is 39.0 Å². The SMILES string of the molecule is Nc1ncnc2c1ncn2[C@@H]1C[C@@H]2COP(=O)(O)OC3C[C@H](n4cnc5c(N)ncnc54)O[C@@H]3COP(=O)(O)O[C@@H]2C1. The van der Waals surface area contributed by atoms with Crippen LogP contribution in [0.4, 0.5) is 11.6 Å². The van der Waals surface area contributed by atoms with E-state index in [1.807, 2.05) is 0 Å². The number of anilines is 2. The Kier molecular flexibility index (Phi) is 6.76. The summed E-state index contributed by atoms with van der Waals surface area (Å²) < 4.78 is 57.3. The number of rotatable bonds is 2. The first kappa shape index (κ1) is 27.7. The average Bonchev–Trinajstić information content (AvgIpc) is 3.71. The van der Waals surface area contributed by atoms with Gasteiger partial charge in [-0.05, 0) is 12.8 Å². The number of hydrogen-bond donors (Lipinski definition) is 4. The average molecular weight is 624 g/mol. The van der Waals surface area contributed by atoms with Crippen molar-refractivity contribution in [3.05, 3.63) is 25.3 Å². The fraction of sp³-hybridized carbons (Fsp3) is 0.524. The summed E-state index contributed by atoms with van der Waals surface area (Å²) >= 11 is 0. The molecular formula is C21H26N10O9P2. The normalized spacial score (nSPS) is 36.0. The molecule has 2 saturated heterocycles. The van der Waals surface area contributed by atoms with Crippen molar-refractivity contribution in [2.75, 3.05) is 24.7 Å². The van der Waals surface area contributed by atoms with Gasteiger partial charge in [-0.15, -0.1) is 0 Å². The molecule has 224 valence electrons.